The van der Waals surface area contributed by atoms with Crippen molar-refractivity contribution in [1.82, 2.24) is 10.6 Å². The highest BCUT2D eigenvalue weighted by atomic mass is 127. The normalized spacial score (nSPS) is 10.5. The fraction of sp³-hybridized carbons (Fsp3) is 0.462. The van der Waals surface area contributed by atoms with E-state index in [1.807, 2.05) is 0 Å². The number of rotatable bonds is 7. The number of anilines is 1. The van der Waals surface area contributed by atoms with Crippen molar-refractivity contribution in [3.8, 4) is 0 Å². The first-order chi connectivity index (χ1) is 9.69. The molecular formula is C13H22IN5O2. The molecule has 0 saturated carbocycles. The molecule has 3 N–H and O–H groups in total. The lowest BCUT2D eigenvalue weighted by atomic mass is 10.2. The zero-order valence-electron chi connectivity index (χ0n) is 12.3. The summed E-state index contributed by atoms with van der Waals surface area (Å²) in [7, 11) is 1.71. The average molecular weight is 407 g/mol. The number of hydrogen-bond donors (Lipinski definition) is 3. The Morgan fingerprint density at radius 3 is 2.52 bits per heavy atom. The number of halogens is 1. The van der Waals surface area contributed by atoms with Crippen LogP contribution in [0.2, 0.25) is 0 Å². The standard InChI is InChI=1S/C13H21N5O2.HI/c1-3-8-16-13(14-2)17-10-9-15-11-6-4-5-7-12(11)18(19)20;/h4-7,15H,3,8-10H2,1-2H3,(H2,14,16,17);1H. The van der Waals surface area contributed by atoms with Crippen molar-refractivity contribution in [2.45, 2.75) is 13.3 Å². The lowest BCUT2D eigenvalue weighted by Gasteiger charge is -2.12. The van der Waals surface area contributed by atoms with Crippen LogP contribution in [0.4, 0.5) is 11.4 Å². The third-order valence-electron chi connectivity index (χ3n) is 2.60. The van der Waals surface area contributed by atoms with Gasteiger partial charge in [-0.3, -0.25) is 15.1 Å². The first kappa shape index (κ1) is 19.4. The van der Waals surface area contributed by atoms with Gasteiger partial charge in [-0.2, -0.15) is 0 Å². The topological polar surface area (TPSA) is 91.6 Å². The van der Waals surface area contributed by atoms with E-state index in [2.05, 4.69) is 27.9 Å². The first-order valence-corrected chi connectivity index (χ1v) is 6.60. The Hall–Kier alpha value is -1.58. The predicted molar refractivity (Wildman–Crippen MR) is 96.7 cm³/mol. The monoisotopic (exact) mass is 407 g/mol. The van der Waals surface area contributed by atoms with Crippen molar-refractivity contribution in [2.24, 2.45) is 4.99 Å². The van der Waals surface area contributed by atoms with Gasteiger partial charge in [-0.1, -0.05) is 19.1 Å². The fourth-order valence-electron chi connectivity index (χ4n) is 1.62. The van der Waals surface area contributed by atoms with Crippen LogP contribution in [0.5, 0.6) is 0 Å². The minimum absolute atomic E-state index is 0. The van der Waals surface area contributed by atoms with Gasteiger partial charge in [0.05, 0.1) is 4.92 Å². The van der Waals surface area contributed by atoms with Crippen molar-refractivity contribution in [2.75, 3.05) is 32.0 Å². The molecule has 0 aliphatic carbocycles. The second kappa shape index (κ2) is 11.1. The van der Waals surface area contributed by atoms with Crippen molar-refractivity contribution >= 4 is 41.3 Å². The molecule has 0 fully saturated rings. The van der Waals surface area contributed by atoms with E-state index in [0.717, 1.165) is 18.9 Å². The van der Waals surface area contributed by atoms with Crippen molar-refractivity contribution in [3.63, 3.8) is 0 Å². The maximum Gasteiger partial charge on any atom is 0.292 e. The second-order valence-corrected chi connectivity index (χ2v) is 4.13. The number of aliphatic imine (C=N–C) groups is 1. The Kier molecular flexibility index (Phi) is 10.3. The molecule has 0 radical (unpaired) electrons. The molecule has 1 aromatic carbocycles. The van der Waals surface area contributed by atoms with Crippen LogP contribution in [-0.2, 0) is 0 Å². The second-order valence-electron chi connectivity index (χ2n) is 4.13. The van der Waals surface area contributed by atoms with Gasteiger partial charge in [0.15, 0.2) is 5.96 Å². The molecule has 1 rings (SSSR count). The molecule has 0 atom stereocenters. The first-order valence-electron chi connectivity index (χ1n) is 6.60. The summed E-state index contributed by atoms with van der Waals surface area (Å²) in [6.07, 6.45) is 1.02. The number of benzene rings is 1. The summed E-state index contributed by atoms with van der Waals surface area (Å²) in [5, 5.41) is 20.2. The van der Waals surface area contributed by atoms with E-state index >= 15 is 0 Å². The van der Waals surface area contributed by atoms with Gasteiger partial charge in [0.1, 0.15) is 5.69 Å². The largest absolute Gasteiger partial charge is 0.378 e. The highest BCUT2D eigenvalue weighted by molar-refractivity contribution is 14.0. The molecular weight excluding hydrogens is 385 g/mol. The van der Waals surface area contributed by atoms with Crippen molar-refractivity contribution in [3.05, 3.63) is 34.4 Å². The zero-order chi connectivity index (χ0) is 14.8. The van der Waals surface area contributed by atoms with E-state index < -0.39 is 4.92 Å². The van der Waals surface area contributed by atoms with Crippen molar-refractivity contribution < 1.29 is 4.92 Å². The van der Waals surface area contributed by atoms with Crippen LogP contribution in [0, 0.1) is 10.1 Å². The maximum absolute atomic E-state index is 10.8. The highest BCUT2D eigenvalue weighted by Gasteiger charge is 2.11. The van der Waals surface area contributed by atoms with E-state index in [1.165, 1.54) is 6.07 Å². The molecule has 1 aromatic rings. The summed E-state index contributed by atoms with van der Waals surface area (Å²) in [4.78, 5) is 14.5. The Balaban J connectivity index is 0.00000400. The molecule has 118 valence electrons. The molecule has 0 saturated heterocycles. The van der Waals surface area contributed by atoms with Gasteiger partial charge in [-0.05, 0) is 12.5 Å². The summed E-state index contributed by atoms with van der Waals surface area (Å²) in [5.41, 5.74) is 0.608. The third kappa shape index (κ3) is 7.11. The summed E-state index contributed by atoms with van der Waals surface area (Å²) < 4.78 is 0. The van der Waals surface area contributed by atoms with E-state index in [4.69, 9.17) is 0 Å². The zero-order valence-corrected chi connectivity index (χ0v) is 14.6. The van der Waals surface area contributed by atoms with Gasteiger partial charge in [-0.15, -0.1) is 24.0 Å². The summed E-state index contributed by atoms with van der Waals surface area (Å²) in [6.45, 7) is 4.13. The van der Waals surface area contributed by atoms with Crippen LogP contribution in [0.15, 0.2) is 29.3 Å². The third-order valence-corrected chi connectivity index (χ3v) is 2.60. The maximum atomic E-state index is 10.8. The van der Waals surface area contributed by atoms with Crippen molar-refractivity contribution in [1.29, 1.82) is 0 Å². The summed E-state index contributed by atoms with van der Waals surface area (Å²) in [5.74, 6) is 0.733. The minimum atomic E-state index is -0.391. The van der Waals surface area contributed by atoms with Crippen LogP contribution in [0.1, 0.15) is 13.3 Å². The van der Waals surface area contributed by atoms with Crippen LogP contribution >= 0.6 is 24.0 Å². The van der Waals surface area contributed by atoms with E-state index in [-0.39, 0.29) is 29.7 Å². The minimum Gasteiger partial charge on any atom is -0.378 e. The quantitative estimate of drug-likeness (QED) is 0.161. The average Bonchev–Trinajstić information content (AvgIpc) is 2.46. The molecule has 0 aliphatic rings. The number of nitrogens with one attached hydrogen (secondary N) is 3. The molecule has 7 nitrogen and oxygen atoms in total. The molecule has 0 aromatic heterocycles. The number of nitro benzene ring substituents is 1. The van der Waals surface area contributed by atoms with Gasteiger partial charge >= 0.3 is 0 Å². The Labute approximate surface area is 141 Å². The molecule has 0 unspecified atom stereocenters. The van der Waals surface area contributed by atoms with E-state index in [1.54, 1.807) is 25.2 Å². The number of para-hydroxylation sites is 2. The lowest BCUT2D eigenvalue weighted by Crippen LogP contribution is -2.39. The summed E-state index contributed by atoms with van der Waals surface area (Å²) in [6, 6.07) is 6.60. The van der Waals surface area contributed by atoms with Gasteiger partial charge in [-0.25, -0.2) is 0 Å². The van der Waals surface area contributed by atoms with Gasteiger partial charge in [0, 0.05) is 32.7 Å². The highest BCUT2D eigenvalue weighted by Crippen LogP contribution is 2.22. The van der Waals surface area contributed by atoms with Gasteiger partial charge < -0.3 is 16.0 Å². The van der Waals surface area contributed by atoms with Crippen LogP contribution in [0.25, 0.3) is 0 Å². The van der Waals surface area contributed by atoms with Gasteiger partial charge in [0.25, 0.3) is 5.69 Å². The molecule has 0 amide bonds. The molecule has 0 heterocycles. The van der Waals surface area contributed by atoms with Gasteiger partial charge in [0.2, 0.25) is 0 Å². The smallest absolute Gasteiger partial charge is 0.292 e. The molecule has 0 aliphatic heterocycles. The summed E-state index contributed by atoms with van der Waals surface area (Å²) >= 11 is 0. The predicted octanol–water partition coefficient (Wildman–Crippen LogP) is 2.20. The number of guanidine groups is 1. The Bertz CT molecular complexity index is 468. The Morgan fingerprint density at radius 1 is 1.24 bits per heavy atom. The number of hydrogen-bond acceptors (Lipinski definition) is 4. The molecule has 21 heavy (non-hydrogen) atoms. The number of nitrogens with zero attached hydrogens (tertiary/aromatic N) is 2. The molecule has 0 bridgehead atoms. The lowest BCUT2D eigenvalue weighted by molar-refractivity contribution is -0.384. The van der Waals surface area contributed by atoms with E-state index in [9.17, 15) is 10.1 Å². The van der Waals surface area contributed by atoms with Crippen LogP contribution in [0.3, 0.4) is 0 Å². The Morgan fingerprint density at radius 2 is 1.90 bits per heavy atom. The van der Waals surface area contributed by atoms with Crippen LogP contribution in [-0.4, -0.2) is 37.6 Å². The van der Waals surface area contributed by atoms with E-state index in [0.29, 0.717) is 18.8 Å². The fourth-order valence-corrected chi connectivity index (χ4v) is 1.62. The molecule has 0 spiro atoms. The SMILES string of the molecule is CCCNC(=NC)NCCNc1ccccc1[N+](=O)[O-].I. The van der Waals surface area contributed by atoms with Crippen LogP contribution < -0.4 is 16.0 Å². The molecule has 8 heteroatoms. The number of nitro groups is 1.